The summed E-state index contributed by atoms with van der Waals surface area (Å²) in [5.41, 5.74) is 0. The molecule has 2 heterocycles. The Kier molecular flexibility index (Phi) is 7.98. The average molecular weight is 367 g/mol. The molecule has 2 aliphatic rings. The van der Waals surface area contributed by atoms with E-state index in [0.717, 1.165) is 32.4 Å². The van der Waals surface area contributed by atoms with Crippen LogP contribution in [0.15, 0.2) is 0 Å². The van der Waals surface area contributed by atoms with Crippen molar-refractivity contribution >= 4 is 67.6 Å². The molecule has 2 saturated heterocycles. The minimum Gasteiger partial charge on any atom is -0.355 e. The number of nitrogens with zero attached hydrogens (tertiary/aromatic N) is 2. The summed E-state index contributed by atoms with van der Waals surface area (Å²) in [6.07, 6.45) is 2.60. The molecule has 0 saturated carbocycles. The van der Waals surface area contributed by atoms with Crippen LogP contribution in [0, 0.1) is 0 Å². The Hall–Kier alpha value is 0.990. The van der Waals surface area contributed by atoms with Gasteiger partial charge in [-0.25, -0.2) is 0 Å². The molecule has 20 heavy (non-hydrogen) atoms. The molecule has 1 atom stereocenters. The highest BCUT2D eigenvalue weighted by atomic mass is 32.2. The van der Waals surface area contributed by atoms with Crippen LogP contribution in [0.5, 0.6) is 0 Å². The largest absolute Gasteiger partial charge is 0.355 e. The minimum atomic E-state index is 0.654. The first-order chi connectivity index (χ1) is 9.69. The second-order valence-corrected chi connectivity index (χ2v) is 10.2. The number of rotatable bonds is 5. The summed E-state index contributed by atoms with van der Waals surface area (Å²) in [5.74, 6) is 2.26. The first-order valence-corrected chi connectivity index (χ1v) is 10.8. The van der Waals surface area contributed by atoms with Crippen LogP contribution in [0.4, 0.5) is 0 Å². The zero-order valence-electron chi connectivity index (χ0n) is 11.9. The molecule has 2 aliphatic heterocycles. The van der Waals surface area contributed by atoms with E-state index in [1.54, 1.807) is 0 Å². The summed E-state index contributed by atoms with van der Waals surface area (Å²) in [7, 11) is 0. The highest BCUT2D eigenvalue weighted by Gasteiger charge is 2.23. The summed E-state index contributed by atoms with van der Waals surface area (Å²) >= 11 is 16.3. The Balaban J connectivity index is 1.63. The molecule has 0 aromatic heterocycles. The summed E-state index contributed by atoms with van der Waals surface area (Å²) in [6, 6.07) is 0. The Morgan fingerprint density at radius 2 is 2.10 bits per heavy atom. The van der Waals surface area contributed by atoms with Gasteiger partial charge < -0.3 is 4.90 Å². The number of hydrogen-bond acceptors (Lipinski definition) is 6. The molecule has 114 valence electrons. The maximum Gasteiger partial charge on any atom is 0.136 e. The van der Waals surface area contributed by atoms with Gasteiger partial charge in [0.05, 0.1) is 0 Å². The monoisotopic (exact) mass is 366 g/mol. The van der Waals surface area contributed by atoms with Crippen LogP contribution in [0.1, 0.15) is 19.8 Å². The van der Waals surface area contributed by atoms with E-state index < -0.39 is 0 Å². The lowest BCUT2D eigenvalue weighted by atomic mass is 10.3. The molecular weight excluding hydrogens is 344 g/mol. The van der Waals surface area contributed by atoms with Crippen molar-refractivity contribution in [1.29, 1.82) is 0 Å². The van der Waals surface area contributed by atoms with Crippen LogP contribution in [-0.4, -0.2) is 67.1 Å². The lowest BCUT2D eigenvalue weighted by Gasteiger charge is -2.36. The molecule has 1 unspecified atom stereocenters. The van der Waals surface area contributed by atoms with Crippen LogP contribution in [0.3, 0.4) is 0 Å². The SMILES string of the molecule is CCCCN1CCN(C(=S)SCC2CSC(=S)S2)CC1. The highest BCUT2D eigenvalue weighted by Crippen LogP contribution is 2.35. The molecule has 0 bridgehead atoms. The molecule has 7 heteroatoms. The van der Waals surface area contributed by atoms with E-state index in [1.807, 2.05) is 35.3 Å². The van der Waals surface area contributed by atoms with E-state index in [1.165, 1.54) is 32.5 Å². The predicted octanol–water partition coefficient (Wildman–Crippen LogP) is 3.56. The molecule has 0 radical (unpaired) electrons. The van der Waals surface area contributed by atoms with Crippen molar-refractivity contribution in [2.45, 2.75) is 25.0 Å². The van der Waals surface area contributed by atoms with E-state index in [9.17, 15) is 0 Å². The quantitative estimate of drug-likeness (QED) is 0.678. The summed E-state index contributed by atoms with van der Waals surface area (Å²) in [6.45, 7) is 8.03. The minimum absolute atomic E-state index is 0.654. The van der Waals surface area contributed by atoms with Gasteiger partial charge in [-0.1, -0.05) is 49.5 Å². The first-order valence-electron chi connectivity index (χ1n) is 7.16. The fraction of sp³-hybridized carbons (Fsp3) is 0.846. The standard InChI is InChI=1S/C13H22N2S5/c1-2-3-4-14-5-7-15(8-6-14)12(16)18-9-11-10-19-13(17)20-11/h11H,2-10H2,1H3. The Morgan fingerprint density at radius 1 is 1.35 bits per heavy atom. The molecule has 0 spiro atoms. The molecule has 2 nitrogen and oxygen atoms in total. The van der Waals surface area contributed by atoms with Gasteiger partial charge in [-0.15, -0.1) is 23.5 Å². The molecule has 2 rings (SSSR count). The topological polar surface area (TPSA) is 6.48 Å². The van der Waals surface area contributed by atoms with Gasteiger partial charge in [-0.3, -0.25) is 4.90 Å². The summed E-state index contributed by atoms with van der Waals surface area (Å²) in [4.78, 5) is 4.95. The summed E-state index contributed by atoms with van der Waals surface area (Å²) in [5, 5.41) is 0.654. The van der Waals surface area contributed by atoms with Gasteiger partial charge in [0.2, 0.25) is 0 Å². The lowest BCUT2D eigenvalue weighted by Crippen LogP contribution is -2.47. The maximum absolute atomic E-state index is 5.59. The van der Waals surface area contributed by atoms with Crippen LogP contribution < -0.4 is 0 Å². The summed E-state index contributed by atoms with van der Waals surface area (Å²) < 4.78 is 2.19. The van der Waals surface area contributed by atoms with Gasteiger partial charge in [0, 0.05) is 42.9 Å². The van der Waals surface area contributed by atoms with Crippen molar-refractivity contribution in [2.75, 3.05) is 44.2 Å². The Morgan fingerprint density at radius 3 is 2.70 bits per heavy atom. The molecule has 0 amide bonds. The van der Waals surface area contributed by atoms with E-state index >= 15 is 0 Å². The Bertz CT molecular complexity index is 342. The van der Waals surface area contributed by atoms with Crippen LogP contribution in [0.2, 0.25) is 0 Å². The number of hydrogen-bond donors (Lipinski definition) is 0. The molecule has 0 aromatic rings. The zero-order chi connectivity index (χ0) is 14.4. The van der Waals surface area contributed by atoms with Crippen molar-refractivity contribution in [3.63, 3.8) is 0 Å². The zero-order valence-corrected chi connectivity index (χ0v) is 16.0. The fourth-order valence-corrected chi connectivity index (χ4v) is 6.75. The second-order valence-electron chi connectivity index (χ2n) is 5.06. The molecule has 0 aliphatic carbocycles. The van der Waals surface area contributed by atoms with Gasteiger partial charge >= 0.3 is 0 Å². The van der Waals surface area contributed by atoms with Gasteiger partial charge in [-0.05, 0) is 13.0 Å². The third-order valence-corrected chi connectivity index (χ3v) is 8.56. The normalized spacial score (nSPS) is 24.4. The number of unbranched alkanes of at least 4 members (excludes halogenated alkanes) is 1. The van der Waals surface area contributed by atoms with Gasteiger partial charge in [0.15, 0.2) is 0 Å². The van der Waals surface area contributed by atoms with Gasteiger partial charge in [0.1, 0.15) is 7.85 Å². The van der Waals surface area contributed by atoms with Crippen LogP contribution in [-0.2, 0) is 0 Å². The van der Waals surface area contributed by atoms with Crippen LogP contribution >= 0.6 is 59.7 Å². The first kappa shape index (κ1) is 17.3. The van der Waals surface area contributed by atoms with Crippen LogP contribution in [0.25, 0.3) is 0 Å². The number of piperazine rings is 1. The van der Waals surface area contributed by atoms with Crippen molar-refractivity contribution in [2.24, 2.45) is 0 Å². The predicted molar refractivity (Wildman–Crippen MR) is 104 cm³/mol. The average Bonchev–Trinajstić information content (AvgIpc) is 2.89. The molecule has 2 fully saturated rings. The highest BCUT2D eigenvalue weighted by molar-refractivity contribution is 8.49. The van der Waals surface area contributed by atoms with Crippen molar-refractivity contribution in [1.82, 2.24) is 9.80 Å². The molecular formula is C13H22N2S5. The molecule has 0 aromatic carbocycles. The van der Waals surface area contributed by atoms with Gasteiger partial charge in [0.25, 0.3) is 0 Å². The third kappa shape index (κ3) is 5.65. The maximum atomic E-state index is 5.59. The van der Waals surface area contributed by atoms with Gasteiger partial charge in [-0.2, -0.15) is 0 Å². The smallest absolute Gasteiger partial charge is 0.136 e. The Labute approximate surface area is 146 Å². The number of thioether (sulfide) groups is 3. The lowest BCUT2D eigenvalue weighted by molar-refractivity contribution is 0.183. The van der Waals surface area contributed by atoms with E-state index in [-0.39, 0.29) is 0 Å². The van der Waals surface area contributed by atoms with Crippen molar-refractivity contribution in [3.05, 3.63) is 0 Å². The van der Waals surface area contributed by atoms with E-state index in [0.29, 0.717) is 5.25 Å². The van der Waals surface area contributed by atoms with E-state index in [4.69, 9.17) is 24.4 Å². The van der Waals surface area contributed by atoms with E-state index in [2.05, 4.69) is 16.7 Å². The molecule has 0 N–H and O–H groups in total. The van der Waals surface area contributed by atoms with Crippen molar-refractivity contribution < 1.29 is 0 Å². The third-order valence-electron chi connectivity index (χ3n) is 3.50. The van der Waals surface area contributed by atoms with Crippen molar-refractivity contribution in [3.8, 4) is 0 Å². The second kappa shape index (κ2) is 9.20. The fourth-order valence-electron chi connectivity index (χ4n) is 2.24. The number of thiocarbonyl (C=S) groups is 2.